The second kappa shape index (κ2) is 6.32. The van der Waals surface area contributed by atoms with Gasteiger partial charge in [0.25, 0.3) is 0 Å². The van der Waals surface area contributed by atoms with Gasteiger partial charge in [0.2, 0.25) is 0 Å². The molecule has 0 saturated carbocycles. The van der Waals surface area contributed by atoms with Gasteiger partial charge in [0.05, 0.1) is 0 Å². The molecule has 0 amide bonds. The van der Waals surface area contributed by atoms with E-state index < -0.39 is 0 Å². The van der Waals surface area contributed by atoms with Crippen molar-refractivity contribution in [3.8, 4) is 0 Å². The molecule has 1 aliphatic rings. The van der Waals surface area contributed by atoms with E-state index in [0.717, 1.165) is 6.42 Å². The highest BCUT2D eigenvalue weighted by Crippen LogP contribution is 2.35. The van der Waals surface area contributed by atoms with E-state index in [1.165, 1.54) is 29.1 Å². The van der Waals surface area contributed by atoms with Crippen molar-refractivity contribution in [2.75, 3.05) is 11.5 Å². The number of aryl methyl sites for hydroxylation is 1. The summed E-state index contributed by atoms with van der Waals surface area (Å²) in [4.78, 5) is 0. The number of rotatable bonds is 4. The van der Waals surface area contributed by atoms with E-state index in [-0.39, 0.29) is 0 Å². The zero-order valence-electron chi connectivity index (χ0n) is 12.7. The SMILES string of the molecule is CCC(NC1CSCCC1(C)C)c1ccc(C)cc1. The van der Waals surface area contributed by atoms with Gasteiger partial charge in [-0.15, -0.1) is 0 Å². The summed E-state index contributed by atoms with van der Waals surface area (Å²) in [7, 11) is 0. The third-order valence-corrected chi connectivity index (χ3v) is 5.47. The zero-order chi connectivity index (χ0) is 13.9. The molecule has 0 spiro atoms. The van der Waals surface area contributed by atoms with Gasteiger partial charge in [-0.1, -0.05) is 50.6 Å². The van der Waals surface area contributed by atoms with E-state index in [0.29, 0.717) is 17.5 Å². The number of nitrogens with one attached hydrogen (secondary N) is 1. The fraction of sp³-hybridized carbons (Fsp3) is 0.647. The minimum atomic E-state index is 0.420. The van der Waals surface area contributed by atoms with E-state index in [4.69, 9.17) is 0 Å². The Morgan fingerprint density at radius 2 is 2.00 bits per heavy atom. The minimum absolute atomic E-state index is 0.420. The number of thioether (sulfide) groups is 1. The van der Waals surface area contributed by atoms with Crippen molar-refractivity contribution >= 4 is 11.8 Å². The fourth-order valence-corrected chi connectivity index (χ4v) is 4.32. The molecule has 0 aliphatic carbocycles. The average molecular weight is 277 g/mol. The quantitative estimate of drug-likeness (QED) is 0.865. The van der Waals surface area contributed by atoms with E-state index in [2.05, 4.69) is 69.0 Å². The van der Waals surface area contributed by atoms with Crippen LogP contribution in [0.15, 0.2) is 24.3 Å². The van der Waals surface area contributed by atoms with Gasteiger partial charge in [-0.05, 0) is 36.5 Å². The van der Waals surface area contributed by atoms with Crippen LogP contribution in [0.25, 0.3) is 0 Å². The molecule has 1 aromatic rings. The Hall–Kier alpha value is -0.470. The maximum atomic E-state index is 3.91. The van der Waals surface area contributed by atoms with Crippen LogP contribution in [0.1, 0.15) is 50.8 Å². The third kappa shape index (κ3) is 3.76. The highest BCUT2D eigenvalue weighted by molar-refractivity contribution is 7.99. The summed E-state index contributed by atoms with van der Waals surface area (Å²) in [5.41, 5.74) is 3.19. The summed E-state index contributed by atoms with van der Waals surface area (Å²) in [6.07, 6.45) is 2.47. The van der Waals surface area contributed by atoms with Crippen molar-refractivity contribution in [3.05, 3.63) is 35.4 Å². The molecular weight excluding hydrogens is 250 g/mol. The molecule has 1 saturated heterocycles. The molecule has 0 radical (unpaired) electrons. The Morgan fingerprint density at radius 3 is 2.58 bits per heavy atom. The molecule has 1 aliphatic heterocycles. The van der Waals surface area contributed by atoms with Crippen LogP contribution in [0.3, 0.4) is 0 Å². The largest absolute Gasteiger partial charge is 0.306 e. The fourth-order valence-electron chi connectivity index (χ4n) is 2.70. The van der Waals surface area contributed by atoms with Gasteiger partial charge in [-0.25, -0.2) is 0 Å². The van der Waals surface area contributed by atoms with Crippen molar-refractivity contribution < 1.29 is 0 Å². The van der Waals surface area contributed by atoms with Crippen molar-refractivity contribution in [2.45, 2.75) is 52.6 Å². The lowest BCUT2D eigenvalue weighted by molar-refractivity contribution is 0.226. The molecule has 2 heteroatoms. The molecule has 106 valence electrons. The second-order valence-corrected chi connectivity index (χ2v) is 7.55. The van der Waals surface area contributed by atoms with E-state index in [1.807, 2.05) is 0 Å². The van der Waals surface area contributed by atoms with Crippen LogP contribution >= 0.6 is 11.8 Å². The summed E-state index contributed by atoms with van der Waals surface area (Å²) in [6.45, 7) is 9.25. The van der Waals surface area contributed by atoms with Gasteiger partial charge in [-0.2, -0.15) is 11.8 Å². The zero-order valence-corrected chi connectivity index (χ0v) is 13.5. The lowest BCUT2D eigenvalue weighted by Crippen LogP contribution is -2.47. The van der Waals surface area contributed by atoms with Crippen LogP contribution in [0.2, 0.25) is 0 Å². The van der Waals surface area contributed by atoms with Crippen molar-refractivity contribution in [1.29, 1.82) is 0 Å². The van der Waals surface area contributed by atoms with Gasteiger partial charge in [0, 0.05) is 17.8 Å². The van der Waals surface area contributed by atoms with Gasteiger partial charge in [-0.3, -0.25) is 0 Å². The number of benzene rings is 1. The summed E-state index contributed by atoms with van der Waals surface area (Å²) in [5.74, 6) is 2.56. The smallest absolute Gasteiger partial charge is 0.0320 e. The molecule has 2 unspecified atom stereocenters. The van der Waals surface area contributed by atoms with E-state index >= 15 is 0 Å². The van der Waals surface area contributed by atoms with Gasteiger partial charge >= 0.3 is 0 Å². The molecule has 0 aromatic heterocycles. The molecule has 1 fully saturated rings. The second-order valence-electron chi connectivity index (χ2n) is 6.40. The van der Waals surface area contributed by atoms with Crippen LogP contribution in [-0.4, -0.2) is 17.5 Å². The monoisotopic (exact) mass is 277 g/mol. The Kier molecular flexibility index (Phi) is 4.97. The Labute approximate surface area is 122 Å². The van der Waals surface area contributed by atoms with E-state index in [1.54, 1.807) is 0 Å². The van der Waals surface area contributed by atoms with E-state index in [9.17, 15) is 0 Å². The summed E-state index contributed by atoms with van der Waals surface area (Å²) in [6, 6.07) is 10.1. The molecule has 19 heavy (non-hydrogen) atoms. The van der Waals surface area contributed by atoms with Crippen LogP contribution < -0.4 is 5.32 Å². The Bertz CT molecular complexity index is 396. The van der Waals surface area contributed by atoms with Crippen LogP contribution in [0, 0.1) is 12.3 Å². The first-order valence-electron chi connectivity index (χ1n) is 7.43. The molecule has 1 nitrogen and oxygen atoms in total. The molecular formula is C17H27NS. The van der Waals surface area contributed by atoms with Crippen LogP contribution in [-0.2, 0) is 0 Å². The van der Waals surface area contributed by atoms with Crippen LogP contribution in [0.4, 0.5) is 0 Å². The first-order valence-corrected chi connectivity index (χ1v) is 8.59. The minimum Gasteiger partial charge on any atom is -0.306 e. The van der Waals surface area contributed by atoms with Crippen molar-refractivity contribution in [1.82, 2.24) is 5.32 Å². The molecule has 1 aromatic carbocycles. The predicted octanol–water partition coefficient (Wildman–Crippen LogP) is 4.57. The normalized spacial score (nSPS) is 24.1. The lowest BCUT2D eigenvalue weighted by atomic mass is 9.81. The van der Waals surface area contributed by atoms with Crippen molar-refractivity contribution in [2.24, 2.45) is 5.41 Å². The maximum Gasteiger partial charge on any atom is 0.0320 e. The first-order chi connectivity index (χ1) is 9.03. The number of hydrogen-bond donors (Lipinski definition) is 1. The summed E-state index contributed by atoms with van der Waals surface area (Å²) in [5, 5.41) is 3.91. The highest BCUT2D eigenvalue weighted by atomic mass is 32.2. The maximum absolute atomic E-state index is 3.91. The van der Waals surface area contributed by atoms with Crippen LogP contribution in [0.5, 0.6) is 0 Å². The third-order valence-electron chi connectivity index (χ3n) is 4.41. The summed E-state index contributed by atoms with van der Waals surface area (Å²) < 4.78 is 0. The molecule has 2 rings (SSSR count). The number of hydrogen-bond acceptors (Lipinski definition) is 2. The van der Waals surface area contributed by atoms with Gasteiger partial charge in [0.1, 0.15) is 0 Å². The average Bonchev–Trinajstić information content (AvgIpc) is 2.38. The van der Waals surface area contributed by atoms with Crippen molar-refractivity contribution in [3.63, 3.8) is 0 Å². The lowest BCUT2D eigenvalue weighted by Gasteiger charge is -2.41. The topological polar surface area (TPSA) is 12.0 Å². The first kappa shape index (κ1) is 14.9. The van der Waals surface area contributed by atoms with Gasteiger partial charge < -0.3 is 5.32 Å². The Balaban J connectivity index is 2.08. The molecule has 1 N–H and O–H groups in total. The predicted molar refractivity (Wildman–Crippen MR) is 86.9 cm³/mol. The summed E-state index contributed by atoms with van der Waals surface area (Å²) >= 11 is 2.09. The van der Waals surface area contributed by atoms with Gasteiger partial charge in [0.15, 0.2) is 0 Å². The molecule has 2 atom stereocenters. The highest BCUT2D eigenvalue weighted by Gasteiger charge is 2.33. The Morgan fingerprint density at radius 1 is 1.32 bits per heavy atom. The molecule has 0 bridgehead atoms. The standard InChI is InChI=1S/C17H27NS/c1-5-15(14-8-6-13(2)7-9-14)18-16-12-19-11-10-17(16,3)4/h6-9,15-16,18H,5,10-12H2,1-4H3. The molecule has 1 heterocycles.